The highest BCUT2D eigenvalue weighted by Crippen LogP contribution is 2.91. The fourth-order valence-electron chi connectivity index (χ4n) is 28.3. The molecule has 14 fully saturated rings. The van der Waals surface area contributed by atoms with Gasteiger partial charge in [0.1, 0.15) is 6.10 Å². The number of fused-ring (bicyclic) bond motifs is 8. The summed E-state index contributed by atoms with van der Waals surface area (Å²) < 4.78 is 59.2. The minimum atomic E-state index is -2.02. The van der Waals surface area contributed by atoms with Crippen molar-refractivity contribution in [3.63, 3.8) is 0 Å². The third kappa shape index (κ3) is 10.0. The van der Waals surface area contributed by atoms with Crippen molar-refractivity contribution in [2.24, 2.45) is 119 Å². The van der Waals surface area contributed by atoms with E-state index in [1.54, 1.807) is 0 Å². The molecule has 14 aliphatic rings. The molecule has 4 aliphatic heterocycles. The van der Waals surface area contributed by atoms with E-state index >= 15 is 0 Å². The summed E-state index contributed by atoms with van der Waals surface area (Å²) in [5.41, 5.74) is 13.5. The van der Waals surface area contributed by atoms with Gasteiger partial charge in [0.05, 0.1) is 48.8 Å². The van der Waals surface area contributed by atoms with E-state index < -0.39 is 38.8 Å². The Bertz CT molecular complexity index is 2780. The summed E-state index contributed by atoms with van der Waals surface area (Å²) in [6.45, 7) is 44.1. The van der Waals surface area contributed by atoms with Crippen LogP contribution in [0.15, 0.2) is 12.2 Å². The number of amides is 2. The normalized spacial score (nSPS) is 50.9. The summed E-state index contributed by atoms with van der Waals surface area (Å²) >= 11 is 0. The van der Waals surface area contributed by atoms with E-state index in [0.29, 0.717) is 69.0 Å². The Labute approximate surface area is 562 Å². The maximum Gasteiger partial charge on any atom is 0.405 e. The quantitative estimate of drug-likeness (QED) is 0.0800. The van der Waals surface area contributed by atoms with Gasteiger partial charge in [-0.3, -0.25) is 0 Å². The van der Waals surface area contributed by atoms with Gasteiger partial charge in [0.25, 0.3) is 0 Å². The molecule has 4 unspecified atom stereocenters. The lowest BCUT2D eigenvalue weighted by atomic mass is 9.41. The fourth-order valence-corrected chi connectivity index (χ4v) is 31.3. The first-order valence-corrected chi connectivity index (χ1v) is 41.1. The molecule has 14 rings (SSSR count). The predicted molar refractivity (Wildman–Crippen MR) is 364 cm³/mol. The van der Waals surface area contributed by atoms with Crippen LogP contribution in [0.1, 0.15) is 252 Å². The van der Waals surface area contributed by atoms with E-state index in [0.717, 1.165) is 94.7 Å². The zero-order valence-electron chi connectivity index (χ0n) is 61.0. The Hall–Kier alpha value is -1.82. The van der Waals surface area contributed by atoms with E-state index in [-0.39, 0.29) is 93.7 Å². The standard InChI is InChI=1S/C42H71NO6Si.C36H59NO6/c1-11-50(12-2,13-3)49-36-35-33(27(6)24-28(46-35)34(26(4)5)48-37(43)44)39(9)21-22-42-25-41(42)20-19-31(47-32-16-14-15-23-45-32)38(7,8)29(41)17-18-30(42)40(36,39)10;1-20(2)28(43-31(37)39)22-18-21(3)27-29(41-22)30(38)34(7)24-12-11-23-32(4,5)25(42-26-10-8-9-17-40-26)13-14-35(23)19-36(24,35)16-15-33(27,34)6/h27-36H,4,11-25H2,1-3,5-10H3,(H2,43,44);20-30,38H,8-19H2,1-7H3,(H2,37,39)/t27-,28-,29+,30+,31?,32+,33+,34-,35+,36+,39-,40-,41-,42?;21-,22-,23+,24+,25?,26+,27+,28-,29+,30+,33-,34-,35-,36?/m11/s1. The van der Waals surface area contributed by atoms with Crippen LogP contribution in [0.5, 0.6) is 0 Å². The number of carbonyl (C=O) groups excluding carboxylic acids is 2. The predicted octanol–water partition coefficient (Wildman–Crippen LogP) is 16.6. The van der Waals surface area contributed by atoms with E-state index in [9.17, 15) is 14.7 Å². The number of nitrogens with two attached hydrogens (primary N) is 2. The lowest BCUT2D eigenvalue weighted by molar-refractivity contribution is -0.242. The molecule has 0 radical (unpaired) electrons. The first kappa shape index (κ1) is 69.6. The van der Waals surface area contributed by atoms with E-state index in [1.165, 1.54) is 83.5 Å². The van der Waals surface area contributed by atoms with Crippen molar-refractivity contribution in [1.82, 2.24) is 0 Å². The zero-order valence-corrected chi connectivity index (χ0v) is 62.0. The molecule has 4 spiro atoms. The van der Waals surface area contributed by atoms with Crippen molar-refractivity contribution in [3.8, 4) is 0 Å². The average molecular weight is 1320 g/mol. The van der Waals surface area contributed by atoms with Crippen molar-refractivity contribution in [1.29, 1.82) is 0 Å². The van der Waals surface area contributed by atoms with Crippen molar-refractivity contribution >= 4 is 20.5 Å². The van der Waals surface area contributed by atoms with Crippen molar-refractivity contribution in [2.45, 2.75) is 344 Å². The number of aliphatic hydroxyl groups is 1. The van der Waals surface area contributed by atoms with Crippen LogP contribution in [0, 0.1) is 107 Å². The van der Waals surface area contributed by atoms with Crippen LogP contribution >= 0.6 is 0 Å². The Kier molecular flexibility index (Phi) is 18.1. The largest absolute Gasteiger partial charge is 0.443 e. The molecule has 10 saturated carbocycles. The van der Waals surface area contributed by atoms with Crippen molar-refractivity contribution < 1.29 is 57.0 Å². The molecule has 4 heterocycles. The molecule has 10 aliphatic carbocycles. The van der Waals surface area contributed by atoms with E-state index in [4.69, 9.17) is 53.8 Å². The van der Waals surface area contributed by atoms with Crippen LogP contribution < -0.4 is 11.5 Å². The maximum absolute atomic E-state index is 12.5. The molecule has 528 valence electrons. The SMILES string of the molecule is C=C(C)[C@@H](OC(N)=O)[C@H]1C[C@@H](C)[C@H]2[C@H](O1)[C@H](O[Si](CC)(CC)CC)[C@@]1(C)[C@@H]3CC[C@H]4C(C)(C)C(O[C@H]5CCCCO5)CC[C@@]45CC35CC[C@]21C.CC(C)[C@@H](OC(N)=O)[C@H]1C[C@@H](C)[C@H]2[C@H](O1)[C@H](O)[C@@]1(C)[C@@H]3CC[C@H]4C(C)(C)C(O[C@H]5CCCCO5)CC[C@@]45CC35CC[C@]21C. The highest BCUT2D eigenvalue weighted by Gasteiger charge is 2.87. The number of carbonyl (C=O) groups is 2. The van der Waals surface area contributed by atoms with E-state index in [1.807, 2.05) is 6.92 Å². The number of hydrogen-bond donors (Lipinski definition) is 3. The molecule has 0 bridgehead atoms. The molecule has 14 nitrogen and oxygen atoms in total. The molecule has 15 heteroatoms. The Morgan fingerprint density at radius 3 is 1.47 bits per heavy atom. The Morgan fingerprint density at radius 1 is 0.581 bits per heavy atom. The minimum absolute atomic E-state index is 0.00729. The number of ether oxygens (including phenoxy) is 8. The summed E-state index contributed by atoms with van der Waals surface area (Å²) in [6, 6.07) is 3.38. The molecule has 5 N–H and O–H groups in total. The van der Waals surface area contributed by atoms with Crippen LogP contribution in [-0.4, -0.2) is 112 Å². The Morgan fingerprint density at radius 2 is 1.02 bits per heavy atom. The second-order valence-electron chi connectivity index (χ2n) is 37.1. The molecule has 0 aromatic heterocycles. The Balaban J connectivity index is 0.000000171. The molecule has 28 atom stereocenters. The molecular weight excluding hydrogens is 1180 g/mol. The van der Waals surface area contributed by atoms with Crippen LogP contribution in [0.2, 0.25) is 18.1 Å². The first-order valence-electron chi connectivity index (χ1n) is 38.6. The zero-order chi connectivity index (χ0) is 66.8. The average Bonchev–Trinajstić information content (AvgIpc) is 1.47. The number of rotatable bonds is 15. The van der Waals surface area contributed by atoms with Crippen LogP contribution in [-0.2, 0) is 42.3 Å². The second-order valence-corrected chi connectivity index (χ2v) is 41.9. The minimum Gasteiger partial charge on any atom is -0.443 e. The summed E-state index contributed by atoms with van der Waals surface area (Å²) in [7, 11) is -2.02. The van der Waals surface area contributed by atoms with Gasteiger partial charge in [-0.15, -0.1) is 0 Å². The number of hydrogen-bond acceptors (Lipinski definition) is 12. The molecule has 2 amide bonds. The van der Waals surface area contributed by atoms with Gasteiger partial charge in [-0.1, -0.05) is 110 Å². The molecule has 4 saturated heterocycles. The van der Waals surface area contributed by atoms with Gasteiger partial charge < -0.3 is 58.9 Å². The van der Waals surface area contributed by atoms with Gasteiger partial charge >= 0.3 is 12.2 Å². The lowest BCUT2D eigenvalue weighted by Crippen LogP contribution is -2.61. The lowest BCUT2D eigenvalue weighted by Gasteiger charge is -2.64. The summed E-state index contributed by atoms with van der Waals surface area (Å²) in [5, 5.41) is 12.5. The van der Waals surface area contributed by atoms with Crippen LogP contribution in [0.25, 0.3) is 0 Å². The first-order chi connectivity index (χ1) is 43.8. The van der Waals surface area contributed by atoms with Gasteiger partial charge in [-0.25, -0.2) is 9.59 Å². The summed E-state index contributed by atoms with van der Waals surface area (Å²) in [6.07, 6.45) is 22.7. The van der Waals surface area contributed by atoms with E-state index in [2.05, 4.69) is 110 Å². The van der Waals surface area contributed by atoms with Crippen molar-refractivity contribution in [3.05, 3.63) is 12.2 Å². The number of aliphatic hydroxyl groups excluding tert-OH is 1. The molecule has 0 aromatic rings. The van der Waals surface area contributed by atoms with Gasteiger partial charge in [-0.05, 0) is 268 Å². The number of primary amides is 2. The summed E-state index contributed by atoms with van der Waals surface area (Å²) in [4.78, 5) is 23.9. The van der Waals surface area contributed by atoms with Gasteiger partial charge in [0.2, 0.25) is 0 Å². The molecule has 0 aromatic carbocycles. The third-order valence-corrected chi connectivity index (χ3v) is 37.7. The van der Waals surface area contributed by atoms with Crippen LogP contribution in [0.3, 0.4) is 0 Å². The smallest absolute Gasteiger partial charge is 0.405 e. The molecular formula is C78H130N2O12Si. The molecule has 93 heavy (non-hydrogen) atoms. The highest BCUT2D eigenvalue weighted by molar-refractivity contribution is 6.73. The highest BCUT2D eigenvalue weighted by atomic mass is 28.4. The van der Waals surface area contributed by atoms with Gasteiger partial charge in [0, 0.05) is 24.0 Å². The second kappa shape index (κ2) is 24.2. The van der Waals surface area contributed by atoms with Crippen LogP contribution in [0.4, 0.5) is 9.59 Å². The topological polar surface area (TPSA) is 189 Å². The fraction of sp³-hybridized carbons (Fsp3) is 0.949. The maximum atomic E-state index is 12.5. The third-order valence-electron chi connectivity index (χ3n) is 33.1. The van der Waals surface area contributed by atoms with Gasteiger partial charge in [-0.2, -0.15) is 0 Å². The van der Waals surface area contributed by atoms with Crippen molar-refractivity contribution in [2.75, 3.05) is 13.2 Å². The monoisotopic (exact) mass is 1310 g/mol. The summed E-state index contributed by atoms with van der Waals surface area (Å²) in [5.74, 6) is 4.01. The van der Waals surface area contributed by atoms with Gasteiger partial charge in [0.15, 0.2) is 27.0 Å².